The molecule has 0 saturated carbocycles. The highest BCUT2D eigenvalue weighted by Gasteiger charge is 2.47. The number of nitrogens with one attached hydrogen (secondary N) is 1. The van der Waals surface area contributed by atoms with E-state index in [1.54, 1.807) is 6.92 Å². The van der Waals surface area contributed by atoms with Crippen molar-refractivity contribution >= 4 is 14.7 Å². The molecule has 0 saturated heterocycles. The molecule has 17 heavy (non-hydrogen) atoms. The zero-order chi connectivity index (χ0) is 13.5. The van der Waals surface area contributed by atoms with Gasteiger partial charge < -0.3 is 18.6 Å². The van der Waals surface area contributed by atoms with Crippen molar-refractivity contribution in [2.75, 3.05) is 21.3 Å². The first-order valence-electron chi connectivity index (χ1n) is 5.59. The summed E-state index contributed by atoms with van der Waals surface area (Å²) in [5, 5.41) is 2.86. The van der Waals surface area contributed by atoms with Crippen molar-refractivity contribution in [3.05, 3.63) is 12.2 Å². The van der Waals surface area contributed by atoms with Gasteiger partial charge in [0.2, 0.25) is 5.91 Å². The first-order valence-corrected chi connectivity index (χ1v) is 7.39. The van der Waals surface area contributed by atoms with Crippen LogP contribution in [-0.2, 0) is 18.1 Å². The molecular weight excluding hydrogens is 238 g/mol. The van der Waals surface area contributed by atoms with Crippen molar-refractivity contribution in [3.63, 3.8) is 0 Å². The summed E-state index contributed by atoms with van der Waals surface area (Å²) in [6.07, 6.45) is 1.63. The molecule has 0 aromatic heterocycles. The van der Waals surface area contributed by atoms with Crippen LogP contribution in [0, 0.1) is 0 Å². The molecule has 1 amide bonds. The second-order valence-corrected chi connectivity index (χ2v) is 6.94. The summed E-state index contributed by atoms with van der Waals surface area (Å²) in [7, 11) is 1.76. The van der Waals surface area contributed by atoms with Gasteiger partial charge in [0, 0.05) is 26.9 Å². The van der Waals surface area contributed by atoms with Crippen LogP contribution in [0.5, 0.6) is 0 Å². The predicted molar refractivity (Wildman–Crippen MR) is 68.4 cm³/mol. The first-order chi connectivity index (χ1) is 7.97. The maximum absolute atomic E-state index is 11.7. The van der Waals surface area contributed by atoms with E-state index in [0.29, 0.717) is 5.57 Å². The Labute approximate surface area is 105 Å². The van der Waals surface area contributed by atoms with Gasteiger partial charge in [-0.05, 0) is 13.3 Å². The maximum atomic E-state index is 11.7. The maximum Gasteiger partial charge on any atom is 0.523 e. The SMILES string of the molecule is C=C(C)C(=O)NC(CCC)[Si](OC)(OC)OC. The molecule has 0 aliphatic heterocycles. The van der Waals surface area contributed by atoms with Crippen LogP contribution in [0.25, 0.3) is 0 Å². The van der Waals surface area contributed by atoms with E-state index in [4.69, 9.17) is 13.3 Å². The summed E-state index contributed by atoms with van der Waals surface area (Å²) in [5.41, 5.74) is 0.203. The Bertz CT molecular complexity index is 258. The molecule has 0 rings (SSSR count). The van der Waals surface area contributed by atoms with Gasteiger partial charge in [-0.3, -0.25) is 4.79 Å². The number of hydrogen-bond acceptors (Lipinski definition) is 4. The fourth-order valence-electron chi connectivity index (χ4n) is 1.58. The topological polar surface area (TPSA) is 56.8 Å². The van der Waals surface area contributed by atoms with Crippen LogP contribution in [0.15, 0.2) is 12.2 Å². The van der Waals surface area contributed by atoms with E-state index in [2.05, 4.69) is 11.9 Å². The summed E-state index contributed by atoms with van der Waals surface area (Å²) in [6.45, 7) is 7.30. The van der Waals surface area contributed by atoms with Gasteiger partial charge in [-0.2, -0.15) is 0 Å². The van der Waals surface area contributed by atoms with E-state index in [1.165, 1.54) is 21.3 Å². The van der Waals surface area contributed by atoms with Gasteiger partial charge in [-0.15, -0.1) is 0 Å². The molecule has 0 heterocycles. The number of carbonyl (C=O) groups excluding carboxylic acids is 1. The summed E-state index contributed by atoms with van der Waals surface area (Å²) >= 11 is 0. The van der Waals surface area contributed by atoms with Crippen LogP contribution >= 0.6 is 0 Å². The molecule has 1 atom stereocenters. The fraction of sp³-hybridized carbons (Fsp3) is 0.727. The van der Waals surface area contributed by atoms with Crippen LogP contribution in [0.1, 0.15) is 26.7 Å². The van der Waals surface area contributed by atoms with Gasteiger partial charge in [-0.1, -0.05) is 19.9 Å². The Morgan fingerprint density at radius 2 is 1.76 bits per heavy atom. The molecule has 1 unspecified atom stereocenters. The predicted octanol–water partition coefficient (Wildman–Crippen LogP) is 1.26. The fourth-order valence-corrected chi connectivity index (χ4v) is 3.89. The molecule has 0 fully saturated rings. The molecule has 0 aliphatic rings. The quantitative estimate of drug-likeness (QED) is 0.528. The minimum atomic E-state index is -2.85. The van der Waals surface area contributed by atoms with Crippen molar-refractivity contribution in [3.8, 4) is 0 Å². The second-order valence-electron chi connectivity index (χ2n) is 3.81. The Balaban J connectivity index is 4.92. The van der Waals surface area contributed by atoms with E-state index >= 15 is 0 Å². The summed E-state index contributed by atoms with van der Waals surface area (Å²) in [5.74, 6) is -0.202. The molecule has 0 radical (unpaired) electrons. The van der Waals surface area contributed by atoms with Crippen molar-refractivity contribution in [1.29, 1.82) is 0 Å². The van der Waals surface area contributed by atoms with Crippen LogP contribution < -0.4 is 5.32 Å². The van der Waals surface area contributed by atoms with E-state index in [-0.39, 0.29) is 11.6 Å². The first kappa shape index (κ1) is 16.3. The molecule has 0 bridgehead atoms. The van der Waals surface area contributed by atoms with Gasteiger partial charge in [0.1, 0.15) is 0 Å². The average molecular weight is 261 g/mol. The Morgan fingerprint density at radius 1 is 1.29 bits per heavy atom. The molecule has 0 spiro atoms. The monoisotopic (exact) mass is 261 g/mol. The largest absolute Gasteiger partial charge is 0.523 e. The zero-order valence-electron chi connectivity index (χ0n) is 11.3. The van der Waals surface area contributed by atoms with Gasteiger partial charge in [0.05, 0.1) is 5.67 Å². The second kappa shape index (κ2) is 7.60. The van der Waals surface area contributed by atoms with Gasteiger partial charge >= 0.3 is 8.80 Å². The lowest BCUT2D eigenvalue weighted by Gasteiger charge is -2.32. The third-order valence-corrected chi connectivity index (χ3v) is 5.54. The van der Waals surface area contributed by atoms with Crippen LogP contribution in [0.3, 0.4) is 0 Å². The van der Waals surface area contributed by atoms with Crippen LogP contribution in [0.2, 0.25) is 0 Å². The van der Waals surface area contributed by atoms with Crippen molar-refractivity contribution in [2.45, 2.75) is 32.4 Å². The number of carbonyl (C=O) groups is 1. The van der Waals surface area contributed by atoms with E-state index in [9.17, 15) is 4.79 Å². The molecule has 6 heteroatoms. The molecule has 0 aromatic carbocycles. The van der Waals surface area contributed by atoms with Crippen molar-refractivity contribution < 1.29 is 18.1 Å². The lowest BCUT2D eigenvalue weighted by Crippen LogP contribution is -2.61. The number of amides is 1. The van der Waals surface area contributed by atoms with E-state index in [0.717, 1.165) is 12.8 Å². The number of hydrogen-bond donors (Lipinski definition) is 1. The highest BCUT2D eigenvalue weighted by atomic mass is 28.4. The Morgan fingerprint density at radius 3 is 2.06 bits per heavy atom. The van der Waals surface area contributed by atoms with Crippen LogP contribution in [0.4, 0.5) is 0 Å². The van der Waals surface area contributed by atoms with Crippen LogP contribution in [-0.4, -0.2) is 41.7 Å². The van der Waals surface area contributed by atoms with E-state index < -0.39 is 8.80 Å². The highest BCUT2D eigenvalue weighted by Crippen LogP contribution is 2.16. The third kappa shape index (κ3) is 4.23. The normalized spacial score (nSPS) is 13.2. The van der Waals surface area contributed by atoms with Gasteiger partial charge in [0.25, 0.3) is 0 Å². The molecule has 1 N–H and O–H groups in total. The molecule has 0 aromatic rings. The van der Waals surface area contributed by atoms with Crippen molar-refractivity contribution in [1.82, 2.24) is 5.32 Å². The standard InChI is InChI=1S/C11H23NO4Si/c1-7-8-10(12-11(13)9(2)3)17(14-4,15-5)16-6/h10H,2,7-8H2,1,3-6H3,(H,12,13). The Hall–Kier alpha value is -0.693. The highest BCUT2D eigenvalue weighted by molar-refractivity contribution is 6.62. The minimum absolute atomic E-state index is 0.202. The average Bonchev–Trinajstić information content (AvgIpc) is 2.32. The lowest BCUT2D eigenvalue weighted by molar-refractivity contribution is -0.118. The number of rotatable bonds is 8. The summed E-state index contributed by atoms with van der Waals surface area (Å²) < 4.78 is 16.1. The summed E-state index contributed by atoms with van der Waals surface area (Å²) in [6, 6.07) is 0. The minimum Gasteiger partial charge on any atom is -0.376 e. The van der Waals surface area contributed by atoms with Crippen molar-refractivity contribution in [2.24, 2.45) is 0 Å². The van der Waals surface area contributed by atoms with E-state index in [1.807, 2.05) is 6.92 Å². The zero-order valence-corrected chi connectivity index (χ0v) is 12.3. The molecule has 100 valence electrons. The lowest BCUT2D eigenvalue weighted by atomic mass is 10.3. The van der Waals surface area contributed by atoms with Gasteiger partial charge in [-0.25, -0.2) is 0 Å². The smallest absolute Gasteiger partial charge is 0.376 e. The summed E-state index contributed by atoms with van der Waals surface area (Å²) in [4.78, 5) is 11.7. The Kier molecular flexibility index (Phi) is 7.29. The third-order valence-electron chi connectivity index (χ3n) is 2.55. The molecule has 0 aliphatic carbocycles. The molecule has 5 nitrogen and oxygen atoms in total. The van der Waals surface area contributed by atoms with Gasteiger partial charge in [0.15, 0.2) is 0 Å². The molecular formula is C11H23NO4Si.